The Balaban J connectivity index is 2.11. The molecule has 0 aliphatic heterocycles. The highest BCUT2D eigenvalue weighted by Crippen LogP contribution is 2.19. The van der Waals surface area contributed by atoms with Crippen molar-refractivity contribution in [2.75, 3.05) is 7.05 Å². The maximum absolute atomic E-state index is 13.8. The van der Waals surface area contributed by atoms with E-state index < -0.39 is 0 Å². The Morgan fingerprint density at radius 3 is 2.70 bits per heavy atom. The van der Waals surface area contributed by atoms with E-state index in [9.17, 15) is 4.39 Å². The van der Waals surface area contributed by atoms with Gasteiger partial charge in [0.15, 0.2) is 0 Å². The highest BCUT2D eigenvalue weighted by atomic mass is 79.9. The third kappa shape index (κ3) is 4.30. The number of likely N-dealkylation sites (N-methyl/N-ethyl adjacent to an activating group) is 1. The second-order valence-corrected chi connectivity index (χ2v) is 6.11. The zero-order chi connectivity index (χ0) is 14.5. The van der Waals surface area contributed by atoms with Crippen molar-refractivity contribution in [3.63, 3.8) is 0 Å². The molecule has 0 heterocycles. The van der Waals surface area contributed by atoms with Gasteiger partial charge in [-0.05, 0) is 61.3 Å². The molecule has 0 aliphatic rings. The van der Waals surface area contributed by atoms with E-state index in [1.807, 2.05) is 37.4 Å². The van der Waals surface area contributed by atoms with E-state index in [0.29, 0.717) is 12.0 Å². The van der Waals surface area contributed by atoms with Crippen molar-refractivity contribution in [1.29, 1.82) is 0 Å². The van der Waals surface area contributed by atoms with Gasteiger partial charge in [0.1, 0.15) is 5.82 Å². The van der Waals surface area contributed by atoms with Crippen LogP contribution in [-0.2, 0) is 12.8 Å². The van der Waals surface area contributed by atoms with Gasteiger partial charge in [-0.25, -0.2) is 4.39 Å². The Hall–Kier alpha value is -0.900. The second kappa shape index (κ2) is 7.21. The molecular weight excluding hydrogens is 341 g/mol. The molecule has 1 N–H and O–H groups in total. The molecule has 0 spiro atoms. The van der Waals surface area contributed by atoms with Crippen LogP contribution in [0.2, 0.25) is 5.02 Å². The number of hydrogen-bond donors (Lipinski definition) is 1. The second-order valence-electron chi connectivity index (χ2n) is 4.76. The highest BCUT2D eigenvalue weighted by Gasteiger charge is 2.12. The summed E-state index contributed by atoms with van der Waals surface area (Å²) in [5.74, 6) is -0.167. The molecule has 1 unspecified atom stereocenters. The van der Waals surface area contributed by atoms with Crippen LogP contribution >= 0.6 is 27.5 Å². The average Bonchev–Trinajstić information content (AvgIpc) is 2.42. The van der Waals surface area contributed by atoms with Crippen LogP contribution in [0.5, 0.6) is 0 Å². The van der Waals surface area contributed by atoms with E-state index in [1.54, 1.807) is 6.07 Å². The summed E-state index contributed by atoms with van der Waals surface area (Å²) < 4.78 is 14.7. The minimum absolute atomic E-state index is 0.164. The predicted molar refractivity (Wildman–Crippen MR) is 85.8 cm³/mol. The third-order valence-corrected chi connectivity index (χ3v) is 3.98. The van der Waals surface area contributed by atoms with Gasteiger partial charge in [0.25, 0.3) is 0 Å². The molecule has 106 valence electrons. The summed E-state index contributed by atoms with van der Waals surface area (Å²) in [6.45, 7) is 0. The van der Waals surface area contributed by atoms with Gasteiger partial charge < -0.3 is 5.32 Å². The quantitative estimate of drug-likeness (QED) is 0.824. The molecule has 4 heteroatoms. The lowest BCUT2D eigenvalue weighted by molar-refractivity contribution is 0.532. The number of benzene rings is 2. The lowest BCUT2D eigenvalue weighted by Gasteiger charge is -2.17. The lowest BCUT2D eigenvalue weighted by atomic mass is 9.99. The number of nitrogens with one attached hydrogen (secondary N) is 1. The van der Waals surface area contributed by atoms with E-state index in [-0.39, 0.29) is 11.9 Å². The van der Waals surface area contributed by atoms with Crippen LogP contribution in [0.1, 0.15) is 11.1 Å². The molecule has 0 saturated heterocycles. The van der Waals surface area contributed by atoms with Crippen molar-refractivity contribution in [3.05, 3.63) is 68.9 Å². The van der Waals surface area contributed by atoms with Crippen LogP contribution in [0.25, 0.3) is 0 Å². The largest absolute Gasteiger partial charge is 0.316 e. The Morgan fingerprint density at radius 1 is 1.20 bits per heavy atom. The molecular formula is C16H16BrClFN. The lowest BCUT2D eigenvalue weighted by Crippen LogP contribution is -2.30. The molecule has 1 atom stereocenters. The number of hydrogen-bond acceptors (Lipinski definition) is 1. The van der Waals surface area contributed by atoms with Gasteiger partial charge in [-0.3, -0.25) is 0 Å². The first-order valence-corrected chi connectivity index (χ1v) is 7.61. The highest BCUT2D eigenvalue weighted by molar-refractivity contribution is 9.10. The minimum Gasteiger partial charge on any atom is -0.316 e. The smallest absolute Gasteiger partial charge is 0.126 e. The molecule has 20 heavy (non-hydrogen) atoms. The van der Waals surface area contributed by atoms with Gasteiger partial charge in [0.2, 0.25) is 0 Å². The van der Waals surface area contributed by atoms with Crippen LogP contribution in [0.3, 0.4) is 0 Å². The Labute approximate surface area is 132 Å². The topological polar surface area (TPSA) is 12.0 Å². The first-order valence-electron chi connectivity index (χ1n) is 6.44. The summed E-state index contributed by atoms with van der Waals surface area (Å²) >= 11 is 9.37. The molecule has 0 aromatic heterocycles. The summed E-state index contributed by atoms with van der Waals surface area (Å²) in [7, 11) is 1.89. The summed E-state index contributed by atoms with van der Waals surface area (Å²) in [4.78, 5) is 0. The van der Waals surface area contributed by atoms with Crippen molar-refractivity contribution < 1.29 is 4.39 Å². The van der Waals surface area contributed by atoms with E-state index in [2.05, 4.69) is 21.2 Å². The summed E-state index contributed by atoms with van der Waals surface area (Å²) in [5, 5.41) is 3.97. The van der Waals surface area contributed by atoms with Gasteiger partial charge in [0.05, 0.1) is 0 Å². The molecule has 0 fully saturated rings. The average molecular weight is 357 g/mol. The summed E-state index contributed by atoms with van der Waals surface area (Å²) in [6, 6.07) is 13.0. The van der Waals surface area contributed by atoms with Crippen LogP contribution in [0, 0.1) is 5.82 Å². The fourth-order valence-corrected chi connectivity index (χ4v) is 2.81. The predicted octanol–water partition coefficient (Wildman–Crippen LogP) is 4.61. The van der Waals surface area contributed by atoms with E-state index in [1.165, 1.54) is 6.07 Å². The SMILES string of the molecule is CNC(Cc1cccc(Cl)c1)Cc1cc(Br)ccc1F. The van der Waals surface area contributed by atoms with Crippen molar-refractivity contribution in [3.8, 4) is 0 Å². The molecule has 0 aliphatic carbocycles. The fourth-order valence-electron chi connectivity index (χ4n) is 2.19. The Bertz CT molecular complexity index is 588. The van der Waals surface area contributed by atoms with Gasteiger partial charge in [-0.15, -0.1) is 0 Å². The standard InChI is InChI=1S/C16H16BrClFN/c1-20-15(8-11-3-2-4-14(18)7-11)10-12-9-13(17)5-6-16(12)19/h2-7,9,15,20H,8,10H2,1H3. The Morgan fingerprint density at radius 2 is 2.00 bits per heavy atom. The Kier molecular flexibility index (Phi) is 5.58. The van der Waals surface area contributed by atoms with E-state index in [0.717, 1.165) is 21.5 Å². The van der Waals surface area contributed by atoms with Gasteiger partial charge >= 0.3 is 0 Å². The molecule has 2 rings (SSSR count). The number of rotatable bonds is 5. The van der Waals surface area contributed by atoms with Crippen molar-refractivity contribution in [2.24, 2.45) is 0 Å². The van der Waals surface area contributed by atoms with E-state index in [4.69, 9.17) is 11.6 Å². The molecule has 1 nitrogen and oxygen atoms in total. The van der Waals surface area contributed by atoms with E-state index >= 15 is 0 Å². The maximum Gasteiger partial charge on any atom is 0.126 e. The van der Waals surface area contributed by atoms with Crippen LogP contribution < -0.4 is 5.32 Å². The minimum atomic E-state index is -0.167. The zero-order valence-corrected chi connectivity index (χ0v) is 13.5. The maximum atomic E-state index is 13.8. The third-order valence-electron chi connectivity index (χ3n) is 3.25. The first-order chi connectivity index (χ1) is 9.58. The van der Waals surface area contributed by atoms with Gasteiger partial charge in [0, 0.05) is 15.5 Å². The normalized spacial score (nSPS) is 12.4. The molecule has 0 amide bonds. The summed E-state index contributed by atoms with van der Waals surface area (Å²) in [6.07, 6.45) is 1.44. The fraction of sp³-hybridized carbons (Fsp3) is 0.250. The molecule has 0 radical (unpaired) electrons. The van der Waals surface area contributed by atoms with Crippen molar-refractivity contribution >= 4 is 27.5 Å². The van der Waals surface area contributed by atoms with Gasteiger partial charge in [-0.2, -0.15) is 0 Å². The molecule has 0 bridgehead atoms. The van der Waals surface area contributed by atoms with Crippen LogP contribution in [0.15, 0.2) is 46.9 Å². The molecule has 2 aromatic rings. The van der Waals surface area contributed by atoms with Gasteiger partial charge in [-0.1, -0.05) is 39.7 Å². The van der Waals surface area contributed by atoms with Crippen LogP contribution in [0.4, 0.5) is 4.39 Å². The summed E-state index contributed by atoms with van der Waals surface area (Å²) in [5.41, 5.74) is 1.85. The number of halogens is 3. The monoisotopic (exact) mass is 355 g/mol. The van der Waals surface area contributed by atoms with Crippen LogP contribution in [-0.4, -0.2) is 13.1 Å². The zero-order valence-electron chi connectivity index (χ0n) is 11.2. The molecule has 2 aromatic carbocycles. The first kappa shape index (κ1) is 15.5. The van der Waals surface area contributed by atoms with Crippen molar-refractivity contribution in [2.45, 2.75) is 18.9 Å². The van der Waals surface area contributed by atoms with Crippen molar-refractivity contribution in [1.82, 2.24) is 5.32 Å². The molecule has 0 saturated carbocycles.